The number of piperidine rings is 2. The Morgan fingerprint density at radius 2 is 1.39 bits per heavy atom. The number of rotatable bonds is 9. The summed E-state index contributed by atoms with van der Waals surface area (Å²) in [4.78, 5) is 29.3. The van der Waals surface area contributed by atoms with Crippen molar-refractivity contribution in [1.82, 2.24) is 20.4 Å². The van der Waals surface area contributed by atoms with Gasteiger partial charge in [-0.05, 0) is 50.4 Å². The summed E-state index contributed by atoms with van der Waals surface area (Å²) in [5.41, 5.74) is 2.75. The van der Waals surface area contributed by atoms with E-state index in [1.165, 1.54) is 19.3 Å². The fourth-order valence-corrected chi connectivity index (χ4v) is 4.90. The van der Waals surface area contributed by atoms with Crippen LogP contribution in [0.3, 0.4) is 0 Å². The Hall–Kier alpha value is -3.10. The molecule has 2 aliphatic rings. The molecular weight excluding hydrogens is 454 g/mol. The van der Waals surface area contributed by atoms with E-state index in [1.807, 2.05) is 54.6 Å². The third kappa shape index (κ3) is 8.24. The van der Waals surface area contributed by atoms with Gasteiger partial charge in [0.15, 0.2) is 0 Å². The lowest BCUT2D eigenvalue weighted by molar-refractivity contribution is 0.0594. The molecule has 3 N–H and O–H groups in total. The summed E-state index contributed by atoms with van der Waals surface area (Å²) >= 11 is 0. The normalized spacial score (nSPS) is 17.3. The number of nitrogens with one attached hydrogen (secondary N) is 3. The number of anilines is 1. The number of nitrogens with zero attached hydrogens (tertiary/aromatic N) is 2. The Balaban J connectivity index is 1.10. The van der Waals surface area contributed by atoms with Crippen LogP contribution in [0.15, 0.2) is 54.6 Å². The first kappa shape index (κ1) is 26.0. The maximum Gasteiger partial charge on any atom is 0.411 e. The highest BCUT2D eigenvalue weighted by molar-refractivity contribution is 5.91. The lowest BCUT2D eigenvalue weighted by atomic mass is 10.0. The Kier molecular flexibility index (Phi) is 9.99. The van der Waals surface area contributed by atoms with Crippen molar-refractivity contribution in [3.8, 4) is 11.1 Å². The molecule has 3 amide bonds. The molecule has 0 unspecified atom stereocenters. The molecule has 2 aromatic carbocycles. The van der Waals surface area contributed by atoms with E-state index in [2.05, 4.69) is 25.8 Å². The van der Waals surface area contributed by atoms with Crippen LogP contribution in [0, 0.1) is 0 Å². The molecule has 2 fully saturated rings. The maximum absolute atomic E-state index is 12.6. The molecule has 0 radical (unpaired) electrons. The van der Waals surface area contributed by atoms with E-state index in [0.717, 1.165) is 68.9 Å². The van der Waals surface area contributed by atoms with Gasteiger partial charge in [-0.2, -0.15) is 0 Å². The molecule has 0 aliphatic carbocycles. The Morgan fingerprint density at radius 1 is 0.778 bits per heavy atom. The van der Waals surface area contributed by atoms with Crippen molar-refractivity contribution in [2.75, 3.05) is 57.7 Å². The second kappa shape index (κ2) is 13.8. The molecule has 2 aromatic rings. The largest absolute Gasteiger partial charge is 0.446 e. The number of benzene rings is 2. The number of para-hydroxylation sites is 1. The minimum atomic E-state index is -0.417. The molecule has 8 nitrogen and oxygen atoms in total. The van der Waals surface area contributed by atoms with Crippen molar-refractivity contribution >= 4 is 17.8 Å². The van der Waals surface area contributed by atoms with Crippen molar-refractivity contribution < 1.29 is 14.3 Å². The zero-order chi connectivity index (χ0) is 25.0. The monoisotopic (exact) mass is 493 g/mol. The molecule has 0 atom stereocenters. The lowest BCUT2D eigenvalue weighted by Crippen LogP contribution is -2.45. The van der Waals surface area contributed by atoms with Gasteiger partial charge in [0.1, 0.15) is 6.10 Å². The van der Waals surface area contributed by atoms with Gasteiger partial charge >= 0.3 is 12.1 Å². The zero-order valence-corrected chi connectivity index (χ0v) is 21.1. The number of amides is 3. The number of hydrogen-bond donors (Lipinski definition) is 3. The molecule has 2 aliphatic heterocycles. The number of carbonyl (C=O) groups excluding carboxylic acids is 2. The fourth-order valence-electron chi connectivity index (χ4n) is 4.90. The Bertz CT molecular complexity index is 957. The van der Waals surface area contributed by atoms with E-state index in [-0.39, 0.29) is 12.1 Å². The van der Waals surface area contributed by atoms with Gasteiger partial charge in [0.2, 0.25) is 0 Å². The average Bonchev–Trinajstić information content (AvgIpc) is 2.91. The number of hydrogen-bond acceptors (Lipinski definition) is 5. The molecule has 194 valence electrons. The number of ether oxygens (including phenoxy) is 1. The first-order chi connectivity index (χ1) is 17.7. The van der Waals surface area contributed by atoms with E-state index in [0.29, 0.717) is 13.1 Å². The molecule has 8 heteroatoms. The van der Waals surface area contributed by atoms with Crippen LogP contribution in [0.1, 0.15) is 32.1 Å². The summed E-state index contributed by atoms with van der Waals surface area (Å²) in [5, 5.41) is 8.83. The van der Waals surface area contributed by atoms with E-state index in [9.17, 15) is 9.59 Å². The van der Waals surface area contributed by atoms with Crippen LogP contribution < -0.4 is 16.0 Å². The van der Waals surface area contributed by atoms with E-state index < -0.39 is 6.09 Å². The quantitative estimate of drug-likeness (QED) is 0.489. The minimum absolute atomic E-state index is 0.0994. The molecular formula is C28H39N5O3. The molecule has 2 heterocycles. The van der Waals surface area contributed by atoms with Crippen LogP contribution in [0.5, 0.6) is 0 Å². The first-order valence-electron chi connectivity index (χ1n) is 13.3. The molecule has 36 heavy (non-hydrogen) atoms. The minimum Gasteiger partial charge on any atom is -0.446 e. The third-order valence-electron chi connectivity index (χ3n) is 6.93. The summed E-state index contributed by atoms with van der Waals surface area (Å²) < 4.78 is 5.71. The number of likely N-dealkylation sites (tertiary alicyclic amines) is 2. The predicted molar refractivity (Wildman–Crippen MR) is 143 cm³/mol. The van der Waals surface area contributed by atoms with Crippen LogP contribution in [0.25, 0.3) is 11.1 Å². The maximum atomic E-state index is 12.6. The van der Waals surface area contributed by atoms with Crippen LogP contribution >= 0.6 is 0 Å². The Labute approximate surface area is 214 Å². The summed E-state index contributed by atoms with van der Waals surface area (Å²) in [5.74, 6) is 0. The van der Waals surface area contributed by atoms with Gasteiger partial charge in [-0.3, -0.25) is 5.32 Å². The fraction of sp³-hybridized carbons (Fsp3) is 0.500. The van der Waals surface area contributed by atoms with Crippen LogP contribution in [0.4, 0.5) is 15.3 Å². The smallest absolute Gasteiger partial charge is 0.411 e. The predicted octanol–water partition coefficient (Wildman–Crippen LogP) is 4.15. The van der Waals surface area contributed by atoms with Gasteiger partial charge in [0.25, 0.3) is 0 Å². The molecule has 2 saturated heterocycles. The van der Waals surface area contributed by atoms with Crippen molar-refractivity contribution in [3.05, 3.63) is 54.6 Å². The molecule has 0 spiro atoms. The summed E-state index contributed by atoms with van der Waals surface area (Å²) in [6.45, 7) is 6.99. The van der Waals surface area contributed by atoms with Gasteiger partial charge in [0, 0.05) is 44.8 Å². The van der Waals surface area contributed by atoms with Gasteiger partial charge in [-0.15, -0.1) is 0 Å². The summed E-state index contributed by atoms with van der Waals surface area (Å²) in [6.07, 6.45) is 4.91. The Morgan fingerprint density at radius 3 is 2.08 bits per heavy atom. The van der Waals surface area contributed by atoms with Gasteiger partial charge < -0.3 is 25.2 Å². The standard InChI is InChI=1S/C28H39N5O3/c34-27(29-15-21-32-17-7-2-8-18-32)30-16-22-33-19-13-24(14-20-33)36-28(35)31-26-12-6-5-11-25(26)23-9-3-1-4-10-23/h1,3-6,9-12,24H,2,7-8,13-22H2,(H,31,35)(H2,29,30,34). The van der Waals surface area contributed by atoms with E-state index >= 15 is 0 Å². The van der Waals surface area contributed by atoms with Crippen molar-refractivity contribution in [2.45, 2.75) is 38.2 Å². The number of carbonyl (C=O) groups is 2. The highest BCUT2D eigenvalue weighted by atomic mass is 16.6. The third-order valence-corrected chi connectivity index (χ3v) is 6.93. The molecule has 0 saturated carbocycles. The molecule has 0 bridgehead atoms. The van der Waals surface area contributed by atoms with Gasteiger partial charge in [-0.1, -0.05) is 55.0 Å². The molecule has 0 aromatic heterocycles. The lowest BCUT2D eigenvalue weighted by Gasteiger charge is -2.31. The summed E-state index contributed by atoms with van der Waals surface area (Å²) in [6, 6.07) is 17.6. The van der Waals surface area contributed by atoms with Gasteiger partial charge in [-0.25, -0.2) is 9.59 Å². The van der Waals surface area contributed by atoms with Crippen molar-refractivity contribution in [3.63, 3.8) is 0 Å². The van der Waals surface area contributed by atoms with Crippen molar-refractivity contribution in [2.24, 2.45) is 0 Å². The van der Waals surface area contributed by atoms with E-state index in [4.69, 9.17) is 4.74 Å². The van der Waals surface area contributed by atoms with Gasteiger partial charge in [0.05, 0.1) is 5.69 Å². The topological polar surface area (TPSA) is 85.9 Å². The molecule has 4 rings (SSSR count). The highest BCUT2D eigenvalue weighted by Gasteiger charge is 2.22. The van der Waals surface area contributed by atoms with Crippen molar-refractivity contribution in [1.29, 1.82) is 0 Å². The first-order valence-corrected chi connectivity index (χ1v) is 13.3. The SMILES string of the molecule is O=C(NCCN1CCCCC1)NCCN1CCC(OC(=O)Nc2ccccc2-c2ccccc2)CC1. The second-order valence-corrected chi connectivity index (χ2v) is 9.57. The zero-order valence-electron chi connectivity index (χ0n) is 21.1. The van der Waals surface area contributed by atoms with Crippen LogP contribution in [0.2, 0.25) is 0 Å². The van der Waals surface area contributed by atoms with E-state index in [1.54, 1.807) is 0 Å². The number of urea groups is 1. The van der Waals surface area contributed by atoms with Crippen LogP contribution in [-0.4, -0.2) is 80.4 Å². The average molecular weight is 494 g/mol. The second-order valence-electron chi connectivity index (χ2n) is 9.57. The summed E-state index contributed by atoms with van der Waals surface area (Å²) in [7, 11) is 0. The van der Waals surface area contributed by atoms with Crippen LogP contribution in [-0.2, 0) is 4.74 Å². The highest BCUT2D eigenvalue weighted by Crippen LogP contribution is 2.28.